The molecule has 1 aromatic rings. The molecule has 0 saturated carbocycles. The molecule has 0 saturated heterocycles. The quantitative estimate of drug-likeness (QED) is 0.712. The zero-order chi connectivity index (χ0) is 12.1. The molecule has 2 heteroatoms. The minimum absolute atomic E-state index is 0.123. The van der Waals surface area contributed by atoms with Crippen molar-refractivity contribution in [2.45, 2.75) is 58.8 Å². The highest BCUT2D eigenvalue weighted by atomic mass is 16.5. The second-order valence-corrected chi connectivity index (χ2v) is 6.78. The first-order chi connectivity index (χ1) is 7.21. The average molecular weight is 221 g/mol. The van der Waals surface area contributed by atoms with Gasteiger partial charge in [-0.25, -0.2) is 0 Å². The van der Waals surface area contributed by atoms with Gasteiger partial charge in [0.25, 0.3) is 0 Å². The SMILES string of the molecule is CC(C)(C)c1[nH]c(C(C)(C)C)c2c1CCO2. The Morgan fingerprint density at radius 2 is 1.50 bits per heavy atom. The van der Waals surface area contributed by atoms with Crippen LogP contribution in [-0.2, 0) is 17.3 Å². The highest BCUT2D eigenvalue weighted by Crippen LogP contribution is 2.42. The second kappa shape index (κ2) is 3.28. The third-order valence-corrected chi connectivity index (χ3v) is 3.15. The van der Waals surface area contributed by atoms with Crippen LogP contribution in [0.3, 0.4) is 0 Å². The average Bonchev–Trinajstić information content (AvgIpc) is 2.54. The van der Waals surface area contributed by atoms with E-state index < -0.39 is 0 Å². The van der Waals surface area contributed by atoms with Crippen LogP contribution < -0.4 is 4.74 Å². The molecule has 16 heavy (non-hydrogen) atoms. The Morgan fingerprint density at radius 1 is 0.938 bits per heavy atom. The molecule has 0 aromatic carbocycles. The molecule has 1 aromatic heterocycles. The number of ether oxygens (including phenoxy) is 1. The molecule has 1 N–H and O–H groups in total. The summed E-state index contributed by atoms with van der Waals surface area (Å²) in [7, 11) is 0. The van der Waals surface area contributed by atoms with Crippen molar-refractivity contribution in [3.8, 4) is 5.75 Å². The number of nitrogens with one attached hydrogen (secondary N) is 1. The third kappa shape index (κ3) is 1.74. The van der Waals surface area contributed by atoms with Crippen molar-refractivity contribution in [3.05, 3.63) is 17.0 Å². The predicted octanol–water partition coefficient (Wildman–Crippen LogP) is 3.54. The van der Waals surface area contributed by atoms with Crippen LogP contribution >= 0.6 is 0 Å². The number of aromatic nitrogens is 1. The number of H-pyrrole nitrogens is 1. The molecule has 0 bridgehead atoms. The van der Waals surface area contributed by atoms with Crippen LogP contribution in [0.25, 0.3) is 0 Å². The molecule has 90 valence electrons. The molecule has 2 rings (SSSR count). The van der Waals surface area contributed by atoms with Crippen molar-refractivity contribution in [3.63, 3.8) is 0 Å². The van der Waals surface area contributed by atoms with Crippen molar-refractivity contribution in [1.82, 2.24) is 4.98 Å². The van der Waals surface area contributed by atoms with E-state index in [0.29, 0.717) is 0 Å². The van der Waals surface area contributed by atoms with Crippen LogP contribution in [0.4, 0.5) is 0 Å². The summed E-state index contributed by atoms with van der Waals surface area (Å²) in [6.45, 7) is 14.3. The first-order valence-corrected chi connectivity index (χ1v) is 6.10. The van der Waals surface area contributed by atoms with E-state index in [4.69, 9.17) is 4.74 Å². The van der Waals surface area contributed by atoms with E-state index in [0.717, 1.165) is 18.8 Å². The van der Waals surface area contributed by atoms with Crippen molar-refractivity contribution in [2.24, 2.45) is 0 Å². The minimum Gasteiger partial charge on any atom is -0.491 e. The lowest BCUT2D eigenvalue weighted by Gasteiger charge is -2.21. The fraction of sp³-hybridized carbons (Fsp3) is 0.714. The van der Waals surface area contributed by atoms with Gasteiger partial charge in [-0.15, -0.1) is 0 Å². The standard InChI is InChI=1S/C14H23NO/c1-13(2,3)11-9-7-8-16-10(9)12(15-11)14(4,5)6/h15H,7-8H2,1-6H3. The van der Waals surface area contributed by atoms with Gasteiger partial charge in [0.1, 0.15) is 5.75 Å². The Balaban J connectivity index is 2.59. The van der Waals surface area contributed by atoms with Crippen molar-refractivity contribution in [1.29, 1.82) is 0 Å². The molecule has 0 radical (unpaired) electrons. The molecule has 0 unspecified atom stereocenters. The maximum Gasteiger partial charge on any atom is 0.144 e. The molecule has 0 aliphatic carbocycles. The lowest BCUT2D eigenvalue weighted by atomic mass is 9.88. The van der Waals surface area contributed by atoms with Gasteiger partial charge in [-0.3, -0.25) is 0 Å². The Morgan fingerprint density at radius 3 is 2.00 bits per heavy atom. The van der Waals surface area contributed by atoms with E-state index in [-0.39, 0.29) is 10.8 Å². The summed E-state index contributed by atoms with van der Waals surface area (Å²) >= 11 is 0. The Labute approximate surface area is 98.4 Å². The zero-order valence-corrected chi connectivity index (χ0v) is 11.3. The van der Waals surface area contributed by atoms with Crippen LogP contribution in [0.15, 0.2) is 0 Å². The van der Waals surface area contributed by atoms with E-state index in [1.165, 1.54) is 17.0 Å². The Bertz CT molecular complexity index is 365. The van der Waals surface area contributed by atoms with Crippen molar-refractivity contribution >= 4 is 0 Å². The molecule has 2 nitrogen and oxygen atoms in total. The van der Waals surface area contributed by atoms with Gasteiger partial charge in [-0.1, -0.05) is 41.5 Å². The van der Waals surface area contributed by atoms with Crippen LogP contribution in [0.2, 0.25) is 0 Å². The summed E-state index contributed by atoms with van der Waals surface area (Å²) in [5.41, 5.74) is 4.30. The molecule has 2 heterocycles. The lowest BCUT2D eigenvalue weighted by Crippen LogP contribution is -2.17. The minimum atomic E-state index is 0.123. The summed E-state index contributed by atoms with van der Waals surface area (Å²) < 4.78 is 5.80. The van der Waals surface area contributed by atoms with Gasteiger partial charge in [-0.2, -0.15) is 0 Å². The second-order valence-electron chi connectivity index (χ2n) is 6.78. The molecule has 1 aliphatic rings. The van der Waals surface area contributed by atoms with E-state index in [1.54, 1.807) is 0 Å². The zero-order valence-electron chi connectivity index (χ0n) is 11.3. The normalized spacial score (nSPS) is 16.1. The fourth-order valence-corrected chi connectivity index (χ4v) is 2.34. The van der Waals surface area contributed by atoms with Gasteiger partial charge in [0.15, 0.2) is 0 Å². The Hall–Kier alpha value is -0.920. The van der Waals surface area contributed by atoms with Gasteiger partial charge in [-0.05, 0) is 0 Å². The maximum absolute atomic E-state index is 5.80. The first-order valence-electron chi connectivity index (χ1n) is 6.10. The first kappa shape index (κ1) is 11.6. The molecule has 0 amide bonds. The number of fused-ring (bicyclic) bond motifs is 1. The van der Waals surface area contributed by atoms with Crippen LogP contribution in [0, 0.1) is 0 Å². The summed E-state index contributed by atoms with van der Waals surface area (Å²) in [4.78, 5) is 3.61. The predicted molar refractivity (Wildman–Crippen MR) is 67.4 cm³/mol. The molecule has 0 fully saturated rings. The molecule has 1 aliphatic heterocycles. The smallest absolute Gasteiger partial charge is 0.144 e. The van der Waals surface area contributed by atoms with Crippen molar-refractivity contribution < 1.29 is 4.74 Å². The fourth-order valence-electron chi connectivity index (χ4n) is 2.34. The van der Waals surface area contributed by atoms with Gasteiger partial charge >= 0.3 is 0 Å². The number of aromatic amines is 1. The number of hydrogen-bond donors (Lipinski definition) is 1. The third-order valence-electron chi connectivity index (χ3n) is 3.15. The number of hydrogen-bond acceptors (Lipinski definition) is 1. The van der Waals surface area contributed by atoms with Gasteiger partial charge < -0.3 is 9.72 Å². The molecule has 0 atom stereocenters. The summed E-state index contributed by atoms with van der Waals surface area (Å²) in [6, 6.07) is 0. The largest absolute Gasteiger partial charge is 0.491 e. The lowest BCUT2D eigenvalue weighted by molar-refractivity contribution is 0.343. The van der Waals surface area contributed by atoms with Crippen LogP contribution in [0.1, 0.15) is 58.5 Å². The highest BCUT2D eigenvalue weighted by molar-refractivity contribution is 5.50. The van der Waals surface area contributed by atoms with E-state index >= 15 is 0 Å². The highest BCUT2D eigenvalue weighted by Gasteiger charge is 2.33. The van der Waals surface area contributed by atoms with E-state index in [2.05, 4.69) is 46.5 Å². The van der Waals surface area contributed by atoms with Crippen molar-refractivity contribution in [2.75, 3.05) is 6.61 Å². The van der Waals surface area contributed by atoms with Gasteiger partial charge in [0.2, 0.25) is 0 Å². The topological polar surface area (TPSA) is 25.0 Å². The molecular weight excluding hydrogens is 198 g/mol. The maximum atomic E-state index is 5.80. The molecular formula is C14H23NO. The van der Waals surface area contributed by atoms with Gasteiger partial charge in [0.05, 0.1) is 12.3 Å². The summed E-state index contributed by atoms with van der Waals surface area (Å²) in [5.74, 6) is 1.12. The number of rotatable bonds is 0. The monoisotopic (exact) mass is 221 g/mol. The van der Waals surface area contributed by atoms with Gasteiger partial charge in [0, 0.05) is 28.5 Å². The summed E-state index contributed by atoms with van der Waals surface area (Å²) in [6.07, 6.45) is 1.05. The van der Waals surface area contributed by atoms with Crippen LogP contribution in [0.5, 0.6) is 5.75 Å². The molecule has 0 spiro atoms. The van der Waals surface area contributed by atoms with E-state index in [1.807, 2.05) is 0 Å². The van der Waals surface area contributed by atoms with Crippen LogP contribution in [-0.4, -0.2) is 11.6 Å². The Kier molecular flexibility index (Phi) is 2.37. The van der Waals surface area contributed by atoms with E-state index in [9.17, 15) is 0 Å². The summed E-state index contributed by atoms with van der Waals surface area (Å²) in [5, 5.41) is 0.